The summed E-state index contributed by atoms with van der Waals surface area (Å²) in [6.07, 6.45) is 0.0447. The summed E-state index contributed by atoms with van der Waals surface area (Å²) < 4.78 is 13.8. The highest BCUT2D eigenvalue weighted by atomic mass is 35.5. The summed E-state index contributed by atoms with van der Waals surface area (Å²) in [5.74, 6) is -1.01. The second-order valence-electron chi connectivity index (χ2n) is 4.98. The molecule has 1 heterocycles. The maximum atomic E-state index is 13.8. The van der Waals surface area contributed by atoms with E-state index in [2.05, 4.69) is 10.3 Å². The lowest BCUT2D eigenvalue weighted by Crippen LogP contribution is -2.15. The van der Waals surface area contributed by atoms with Crippen molar-refractivity contribution in [3.8, 4) is 10.6 Å². The van der Waals surface area contributed by atoms with Crippen LogP contribution >= 0.6 is 34.5 Å². The highest BCUT2D eigenvalue weighted by molar-refractivity contribution is 7.13. The van der Waals surface area contributed by atoms with Gasteiger partial charge in [0.25, 0.3) is 0 Å². The van der Waals surface area contributed by atoms with Gasteiger partial charge in [-0.15, -0.1) is 11.3 Å². The van der Waals surface area contributed by atoms with Crippen LogP contribution in [0.15, 0.2) is 47.8 Å². The van der Waals surface area contributed by atoms with Gasteiger partial charge in [0, 0.05) is 16.0 Å². The van der Waals surface area contributed by atoms with Gasteiger partial charge in [0.15, 0.2) is 5.82 Å². The van der Waals surface area contributed by atoms with E-state index >= 15 is 0 Å². The maximum Gasteiger partial charge on any atom is 0.230 e. The fraction of sp³-hybridized carbons (Fsp3) is 0.0588. The summed E-state index contributed by atoms with van der Waals surface area (Å²) >= 11 is 13.1. The average Bonchev–Trinajstić information content (AvgIpc) is 3.00. The molecular weight excluding hydrogens is 370 g/mol. The first-order valence-electron chi connectivity index (χ1n) is 6.97. The molecule has 0 aliphatic rings. The number of rotatable bonds is 4. The van der Waals surface area contributed by atoms with Gasteiger partial charge in [0.2, 0.25) is 5.91 Å². The second-order valence-corrected chi connectivity index (χ2v) is 6.68. The van der Waals surface area contributed by atoms with Crippen LogP contribution in [0.5, 0.6) is 0 Å². The molecule has 1 N–H and O–H groups in total. The van der Waals surface area contributed by atoms with E-state index in [1.807, 2.05) is 18.2 Å². The molecule has 3 rings (SSSR count). The zero-order valence-electron chi connectivity index (χ0n) is 12.2. The lowest BCUT2D eigenvalue weighted by molar-refractivity contribution is -0.115. The minimum Gasteiger partial charge on any atom is -0.323 e. The molecular formula is C17H11Cl2FN2OS. The fourth-order valence-electron chi connectivity index (χ4n) is 2.10. The van der Waals surface area contributed by atoms with Crippen LogP contribution < -0.4 is 5.32 Å². The molecule has 0 radical (unpaired) electrons. The Balaban J connectivity index is 1.70. The van der Waals surface area contributed by atoms with Crippen molar-refractivity contribution in [2.24, 2.45) is 0 Å². The molecule has 0 spiro atoms. The zero-order chi connectivity index (χ0) is 17.1. The van der Waals surface area contributed by atoms with Gasteiger partial charge < -0.3 is 5.32 Å². The minimum absolute atomic E-state index is 0.0373. The van der Waals surface area contributed by atoms with Crippen molar-refractivity contribution in [2.45, 2.75) is 6.42 Å². The molecule has 1 amide bonds. The number of nitrogens with one attached hydrogen (secondary N) is 1. The van der Waals surface area contributed by atoms with Crippen LogP contribution in [-0.2, 0) is 11.2 Å². The molecule has 0 saturated carbocycles. The Kier molecular flexibility index (Phi) is 5.14. The SMILES string of the molecule is O=C(Cc1csc(-c2cccc(Cl)c2)n1)Nc1cccc(Cl)c1F. The molecule has 0 aliphatic heterocycles. The highest BCUT2D eigenvalue weighted by Gasteiger charge is 2.12. The van der Waals surface area contributed by atoms with Crippen molar-refractivity contribution in [1.82, 2.24) is 4.98 Å². The maximum absolute atomic E-state index is 13.8. The van der Waals surface area contributed by atoms with Crippen LogP contribution in [0.3, 0.4) is 0 Å². The normalized spacial score (nSPS) is 10.6. The van der Waals surface area contributed by atoms with Crippen molar-refractivity contribution in [2.75, 3.05) is 5.32 Å². The van der Waals surface area contributed by atoms with Crippen LogP contribution in [0.25, 0.3) is 10.6 Å². The zero-order valence-corrected chi connectivity index (χ0v) is 14.6. The van der Waals surface area contributed by atoms with Gasteiger partial charge in [-0.25, -0.2) is 9.37 Å². The second kappa shape index (κ2) is 7.30. The lowest BCUT2D eigenvalue weighted by Gasteiger charge is -2.06. The fourth-order valence-corrected chi connectivity index (χ4v) is 3.28. The van der Waals surface area contributed by atoms with E-state index in [1.54, 1.807) is 17.5 Å². The third-order valence-electron chi connectivity index (χ3n) is 3.19. The number of hydrogen-bond donors (Lipinski definition) is 1. The Bertz CT molecular complexity index is 898. The Morgan fingerprint density at radius 1 is 1.21 bits per heavy atom. The van der Waals surface area contributed by atoms with Gasteiger partial charge in [-0.05, 0) is 24.3 Å². The van der Waals surface area contributed by atoms with E-state index in [9.17, 15) is 9.18 Å². The number of anilines is 1. The summed E-state index contributed by atoms with van der Waals surface area (Å²) in [7, 11) is 0. The first kappa shape index (κ1) is 16.9. The molecule has 2 aromatic carbocycles. The van der Waals surface area contributed by atoms with Gasteiger partial charge in [0.05, 0.1) is 22.8 Å². The number of aromatic nitrogens is 1. The summed E-state index contributed by atoms with van der Waals surface area (Å²) in [6, 6.07) is 11.8. The highest BCUT2D eigenvalue weighted by Crippen LogP contribution is 2.26. The Hall–Kier alpha value is -1.95. The molecule has 24 heavy (non-hydrogen) atoms. The quantitative estimate of drug-likeness (QED) is 0.654. The lowest BCUT2D eigenvalue weighted by atomic mass is 10.2. The van der Waals surface area contributed by atoms with Crippen LogP contribution in [0, 0.1) is 5.82 Å². The average molecular weight is 381 g/mol. The monoisotopic (exact) mass is 380 g/mol. The first-order valence-corrected chi connectivity index (χ1v) is 8.60. The Morgan fingerprint density at radius 3 is 2.79 bits per heavy atom. The third-order valence-corrected chi connectivity index (χ3v) is 4.66. The van der Waals surface area contributed by atoms with Gasteiger partial charge >= 0.3 is 0 Å². The van der Waals surface area contributed by atoms with E-state index in [0.717, 1.165) is 10.6 Å². The predicted molar refractivity (Wildman–Crippen MR) is 96.3 cm³/mol. The summed E-state index contributed by atoms with van der Waals surface area (Å²) in [6.45, 7) is 0. The summed E-state index contributed by atoms with van der Waals surface area (Å²) in [4.78, 5) is 16.5. The molecule has 0 aliphatic carbocycles. The number of carbonyl (C=O) groups excluding carboxylic acids is 1. The van der Waals surface area contributed by atoms with E-state index in [1.165, 1.54) is 23.5 Å². The van der Waals surface area contributed by atoms with Gasteiger partial charge in [0.1, 0.15) is 5.01 Å². The predicted octanol–water partition coefficient (Wildman–Crippen LogP) is 5.44. The Labute approximate surface area is 152 Å². The van der Waals surface area contributed by atoms with Crippen molar-refractivity contribution < 1.29 is 9.18 Å². The van der Waals surface area contributed by atoms with E-state index in [0.29, 0.717) is 10.7 Å². The van der Waals surface area contributed by atoms with Crippen LogP contribution in [0.2, 0.25) is 10.0 Å². The third kappa shape index (κ3) is 3.93. The molecule has 0 fully saturated rings. The van der Waals surface area contributed by atoms with Crippen molar-refractivity contribution in [3.05, 3.63) is 69.4 Å². The smallest absolute Gasteiger partial charge is 0.230 e. The van der Waals surface area contributed by atoms with Gasteiger partial charge in [-0.1, -0.05) is 41.4 Å². The van der Waals surface area contributed by atoms with Crippen LogP contribution in [0.4, 0.5) is 10.1 Å². The van der Waals surface area contributed by atoms with Crippen molar-refractivity contribution in [3.63, 3.8) is 0 Å². The van der Waals surface area contributed by atoms with Crippen LogP contribution in [-0.4, -0.2) is 10.9 Å². The molecule has 7 heteroatoms. The number of carbonyl (C=O) groups is 1. The summed E-state index contributed by atoms with van der Waals surface area (Å²) in [5.41, 5.74) is 1.55. The minimum atomic E-state index is -0.648. The number of thiazole rings is 1. The number of amides is 1. The summed E-state index contributed by atoms with van der Waals surface area (Å²) in [5, 5.41) is 5.66. The number of benzene rings is 2. The van der Waals surface area contributed by atoms with E-state index in [4.69, 9.17) is 23.2 Å². The van der Waals surface area contributed by atoms with Crippen LogP contribution in [0.1, 0.15) is 5.69 Å². The standard InChI is InChI=1S/C17H11Cl2FN2OS/c18-11-4-1-3-10(7-11)17-21-12(9-24-17)8-15(23)22-14-6-2-5-13(19)16(14)20/h1-7,9H,8H2,(H,22,23). The molecule has 0 bridgehead atoms. The van der Waals surface area contributed by atoms with Gasteiger partial charge in [-0.3, -0.25) is 4.79 Å². The van der Waals surface area contributed by atoms with E-state index < -0.39 is 5.82 Å². The molecule has 0 unspecified atom stereocenters. The largest absolute Gasteiger partial charge is 0.323 e. The van der Waals surface area contributed by atoms with Crippen molar-refractivity contribution >= 4 is 46.1 Å². The van der Waals surface area contributed by atoms with Gasteiger partial charge in [-0.2, -0.15) is 0 Å². The molecule has 1 aromatic heterocycles. The molecule has 3 aromatic rings. The molecule has 122 valence electrons. The molecule has 0 saturated heterocycles. The first-order chi connectivity index (χ1) is 11.5. The number of hydrogen-bond acceptors (Lipinski definition) is 3. The van der Waals surface area contributed by atoms with Crippen molar-refractivity contribution in [1.29, 1.82) is 0 Å². The molecule has 0 atom stereocenters. The molecule has 3 nitrogen and oxygen atoms in total. The topological polar surface area (TPSA) is 42.0 Å². The number of nitrogens with zero attached hydrogens (tertiary/aromatic N) is 1. The Morgan fingerprint density at radius 2 is 2.00 bits per heavy atom. The van der Waals surface area contributed by atoms with E-state index in [-0.39, 0.29) is 23.0 Å². The number of halogens is 3.